The molecule has 0 atom stereocenters. The topological polar surface area (TPSA) is 63.0 Å². The van der Waals surface area contributed by atoms with Gasteiger partial charge in [0.05, 0.1) is 12.1 Å². The highest BCUT2D eigenvalue weighted by atomic mass is 16.2. The molecule has 2 heterocycles. The largest absolute Gasteiger partial charge is 0.392 e. The molecule has 0 aliphatic carbocycles. The zero-order valence-corrected chi connectivity index (χ0v) is 16.9. The number of nitrogens with zero attached hydrogens (tertiary/aromatic N) is 3. The number of nitrogens with one attached hydrogen (secondary N) is 1. The van der Waals surface area contributed by atoms with E-state index in [-0.39, 0.29) is 6.61 Å². The van der Waals surface area contributed by atoms with Crippen LogP contribution in [0.3, 0.4) is 0 Å². The van der Waals surface area contributed by atoms with Crippen LogP contribution in [0.2, 0.25) is 0 Å². The number of anilines is 2. The highest BCUT2D eigenvalue weighted by Crippen LogP contribution is 2.27. The minimum Gasteiger partial charge on any atom is -0.392 e. The second kappa shape index (κ2) is 8.42. The third kappa shape index (κ3) is 4.04. The average molecular weight is 406 g/mol. The predicted molar refractivity (Wildman–Crippen MR) is 126 cm³/mol. The maximum absolute atomic E-state index is 9.04. The third-order valence-electron chi connectivity index (χ3n) is 5.30. The van der Waals surface area contributed by atoms with Crippen LogP contribution in [0.25, 0.3) is 27.9 Å². The Morgan fingerprint density at radius 3 is 2.71 bits per heavy atom. The Morgan fingerprint density at radius 2 is 1.84 bits per heavy atom. The van der Waals surface area contributed by atoms with Crippen LogP contribution in [0.15, 0.2) is 91.4 Å². The smallest absolute Gasteiger partial charge is 0.141 e. The van der Waals surface area contributed by atoms with Gasteiger partial charge in [-0.1, -0.05) is 48.6 Å². The van der Waals surface area contributed by atoms with Gasteiger partial charge >= 0.3 is 0 Å². The molecule has 0 unspecified atom stereocenters. The molecule has 5 heteroatoms. The lowest BCUT2D eigenvalue weighted by Gasteiger charge is -2.10. The van der Waals surface area contributed by atoms with Crippen LogP contribution < -0.4 is 5.32 Å². The minimum atomic E-state index is 0.0123. The number of hydrogen-bond donors (Lipinski definition) is 2. The van der Waals surface area contributed by atoms with Crippen molar-refractivity contribution in [1.29, 1.82) is 0 Å². The van der Waals surface area contributed by atoms with Crippen LogP contribution in [-0.2, 0) is 6.54 Å². The van der Waals surface area contributed by atoms with Crippen LogP contribution >= 0.6 is 0 Å². The molecular formula is C26H22N4O. The van der Waals surface area contributed by atoms with Gasteiger partial charge in [0.1, 0.15) is 12.1 Å². The number of aliphatic hydroxyl groups excluding tert-OH is 1. The van der Waals surface area contributed by atoms with E-state index in [0.717, 1.165) is 34.5 Å². The van der Waals surface area contributed by atoms with Crippen molar-refractivity contribution in [2.24, 2.45) is 0 Å². The number of rotatable bonds is 6. The van der Waals surface area contributed by atoms with E-state index in [0.29, 0.717) is 0 Å². The van der Waals surface area contributed by atoms with Gasteiger partial charge in [-0.2, -0.15) is 0 Å². The lowest BCUT2D eigenvalue weighted by molar-refractivity contribution is 0.343. The Hall–Kier alpha value is -3.96. The van der Waals surface area contributed by atoms with Crippen molar-refractivity contribution in [2.45, 2.75) is 6.54 Å². The van der Waals surface area contributed by atoms with E-state index in [1.54, 1.807) is 12.4 Å². The van der Waals surface area contributed by atoms with Gasteiger partial charge in [-0.3, -0.25) is 0 Å². The number of aliphatic hydroxyl groups is 1. The van der Waals surface area contributed by atoms with Crippen molar-refractivity contribution < 1.29 is 5.11 Å². The summed E-state index contributed by atoms with van der Waals surface area (Å²) in [6.45, 7) is 0.857. The molecule has 0 bridgehead atoms. The Balaban J connectivity index is 1.45. The molecule has 0 saturated carbocycles. The monoisotopic (exact) mass is 406 g/mol. The van der Waals surface area contributed by atoms with Crippen molar-refractivity contribution in [3.63, 3.8) is 0 Å². The Bertz CT molecular complexity index is 1370. The molecule has 0 aliphatic rings. The van der Waals surface area contributed by atoms with Gasteiger partial charge in [-0.25, -0.2) is 9.97 Å². The average Bonchev–Trinajstić information content (AvgIpc) is 3.20. The van der Waals surface area contributed by atoms with Crippen LogP contribution in [0.1, 0.15) is 11.1 Å². The first-order valence-electron chi connectivity index (χ1n) is 10.2. The fourth-order valence-corrected chi connectivity index (χ4v) is 3.80. The number of fused-ring (bicyclic) bond motifs is 2. The van der Waals surface area contributed by atoms with E-state index in [1.807, 2.05) is 30.3 Å². The first kappa shape index (κ1) is 19.0. The molecule has 152 valence electrons. The zero-order valence-electron chi connectivity index (χ0n) is 16.9. The lowest BCUT2D eigenvalue weighted by atomic mass is 10.1. The fraction of sp³-hybridized carbons (Fsp3) is 0.0769. The molecular weight excluding hydrogens is 384 g/mol. The lowest BCUT2D eigenvalue weighted by Crippen LogP contribution is -1.98. The molecule has 0 spiro atoms. The van der Waals surface area contributed by atoms with Crippen LogP contribution in [0.4, 0.5) is 11.5 Å². The summed E-state index contributed by atoms with van der Waals surface area (Å²) in [4.78, 5) is 8.83. The van der Waals surface area contributed by atoms with Crippen molar-refractivity contribution in [1.82, 2.24) is 14.5 Å². The number of hydrogen-bond acceptors (Lipinski definition) is 4. The summed E-state index contributed by atoms with van der Waals surface area (Å²) in [6, 6.07) is 24.9. The van der Waals surface area contributed by atoms with E-state index in [1.165, 1.54) is 16.5 Å². The molecule has 5 aromatic rings. The molecule has 0 fully saturated rings. The van der Waals surface area contributed by atoms with Crippen molar-refractivity contribution in [3.05, 3.63) is 103 Å². The predicted octanol–water partition coefficient (Wildman–Crippen LogP) is 5.38. The van der Waals surface area contributed by atoms with Crippen LogP contribution in [0, 0.1) is 0 Å². The molecule has 0 aliphatic heterocycles. The van der Waals surface area contributed by atoms with Crippen LogP contribution in [-0.4, -0.2) is 26.2 Å². The van der Waals surface area contributed by atoms with Gasteiger partial charge in [0.25, 0.3) is 0 Å². The second-order valence-corrected chi connectivity index (χ2v) is 7.41. The van der Waals surface area contributed by atoms with Gasteiger partial charge in [0.2, 0.25) is 0 Å². The number of aromatic nitrogens is 3. The minimum absolute atomic E-state index is 0.0123. The SMILES string of the molecule is OC/C=C/c1ccc2ncnc(Nc3ccc4c(ccn4Cc4ccccc4)c3)c2c1. The fourth-order valence-electron chi connectivity index (χ4n) is 3.80. The standard InChI is InChI=1S/C26H22N4O/c31-14-4-7-19-8-10-24-23(15-19)26(28-18-27-24)29-22-9-11-25-21(16-22)12-13-30(25)17-20-5-2-1-3-6-20/h1-13,15-16,18,31H,14,17H2,(H,27,28,29)/b7-4+. The van der Waals surface area contributed by atoms with E-state index < -0.39 is 0 Å². The summed E-state index contributed by atoms with van der Waals surface area (Å²) in [5, 5.41) is 14.6. The van der Waals surface area contributed by atoms with Crippen LogP contribution in [0.5, 0.6) is 0 Å². The molecule has 2 aromatic heterocycles. The molecule has 0 amide bonds. The van der Waals surface area contributed by atoms with E-state index in [4.69, 9.17) is 5.11 Å². The Morgan fingerprint density at radius 1 is 0.935 bits per heavy atom. The summed E-state index contributed by atoms with van der Waals surface area (Å²) in [5.74, 6) is 0.757. The molecule has 0 saturated heterocycles. The molecule has 5 nitrogen and oxygen atoms in total. The third-order valence-corrected chi connectivity index (χ3v) is 5.30. The summed E-state index contributed by atoms with van der Waals surface area (Å²) in [5.41, 5.74) is 5.31. The summed E-state index contributed by atoms with van der Waals surface area (Å²) in [7, 11) is 0. The van der Waals surface area contributed by atoms with E-state index >= 15 is 0 Å². The molecule has 2 N–H and O–H groups in total. The van der Waals surface area contributed by atoms with Gasteiger partial charge in [-0.15, -0.1) is 0 Å². The first-order valence-corrected chi connectivity index (χ1v) is 10.2. The molecule has 0 radical (unpaired) electrons. The zero-order chi connectivity index (χ0) is 21.0. The second-order valence-electron chi connectivity index (χ2n) is 7.41. The van der Waals surface area contributed by atoms with Gasteiger partial charge in [0.15, 0.2) is 0 Å². The molecule has 31 heavy (non-hydrogen) atoms. The van der Waals surface area contributed by atoms with Crippen molar-refractivity contribution in [3.8, 4) is 0 Å². The van der Waals surface area contributed by atoms with Crippen molar-refractivity contribution in [2.75, 3.05) is 11.9 Å². The van der Waals surface area contributed by atoms with Gasteiger partial charge < -0.3 is 15.0 Å². The number of benzene rings is 3. The van der Waals surface area contributed by atoms with E-state index in [2.05, 4.69) is 74.6 Å². The summed E-state index contributed by atoms with van der Waals surface area (Å²) < 4.78 is 2.26. The maximum Gasteiger partial charge on any atom is 0.141 e. The van der Waals surface area contributed by atoms with Gasteiger partial charge in [-0.05, 0) is 47.5 Å². The first-order chi connectivity index (χ1) is 15.3. The quantitative estimate of drug-likeness (QED) is 0.397. The Labute approximate surface area is 180 Å². The molecule has 5 rings (SSSR count). The highest BCUT2D eigenvalue weighted by molar-refractivity contribution is 5.93. The highest BCUT2D eigenvalue weighted by Gasteiger charge is 2.07. The molecule has 3 aromatic carbocycles. The van der Waals surface area contributed by atoms with Gasteiger partial charge in [0, 0.05) is 34.7 Å². The summed E-state index contributed by atoms with van der Waals surface area (Å²) >= 11 is 0. The van der Waals surface area contributed by atoms with Crippen molar-refractivity contribution >= 4 is 39.4 Å². The maximum atomic E-state index is 9.04. The normalized spacial score (nSPS) is 11.5. The Kier molecular flexibility index (Phi) is 5.17. The van der Waals surface area contributed by atoms with E-state index in [9.17, 15) is 0 Å². The summed E-state index contributed by atoms with van der Waals surface area (Å²) in [6.07, 6.45) is 7.30.